The van der Waals surface area contributed by atoms with Crippen molar-refractivity contribution in [1.29, 1.82) is 0 Å². The standard InChI is InChI=1S/C36H49N3O8/c1-21(2)18-29(36(43)47-24-10-7-8-11-24)39-32(42)12-9-17-37-28-16-14-25-26(20-30(28)41)27(38-22(3)40)15-13-23-19-31(44-4)34(45-5)35(46-6)33(23)25/h14,16,19-21,24,27,29H,7-13,15,17-18H2,1-6H3,(H,37,41)(H,38,40)(H,39,42)/t27-,29-/m0/s1. The Hall–Kier alpha value is -4.28. The Balaban J connectivity index is 1.52. The number of hydrogen-bond acceptors (Lipinski definition) is 9. The molecule has 0 bridgehead atoms. The number of methoxy groups -OCH3 is 3. The van der Waals surface area contributed by atoms with Gasteiger partial charge in [0.05, 0.1) is 33.1 Å². The fourth-order valence-corrected chi connectivity index (χ4v) is 6.53. The number of nitrogens with one attached hydrogen (secondary N) is 3. The molecular formula is C36H49N3O8. The van der Waals surface area contributed by atoms with Crippen LogP contribution in [0.2, 0.25) is 0 Å². The summed E-state index contributed by atoms with van der Waals surface area (Å²) in [7, 11) is 4.66. The Bertz CT molecular complexity index is 1500. The van der Waals surface area contributed by atoms with Gasteiger partial charge in [-0.25, -0.2) is 4.79 Å². The molecule has 0 unspecified atom stereocenters. The van der Waals surface area contributed by atoms with Crippen LogP contribution in [-0.2, 0) is 25.5 Å². The van der Waals surface area contributed by atoms with Gasteiger partial charge in [-0.2, -0.15) is 0 Å². The van der Waals surface area contributed by atoms with Crippen molar-refractivity contribution in [2.24, 2.45) is 5.92 Å². The topological polar surface area (TPSA) is 141 Å². The van der Waals surface area contributed by atoms with Crippen molar-refractivity contribution >= 4 is 23.5 Å². The lowest BCUT2D eigenvalue weighted by Gasteiger charge is -2.21. The van der Waals surface area contributed by atoms with Crippen LogP contribution < -0.4 is 35.6 Å². The first-order valence-electron chi connectivity index (χ1n) is 16.6. The molecule has 2 aromatic carbocycles. The van der Waals surface area contributed by atoms with Crippen molar-refractivity contribution in [2.45, 2.75) is 96.7 Å². The molecule has 0 radical (unpaired) electrons. The number of hydrogen-bond donors (Lipinski definition) is 3. The summed E-state index contributed by atoms with van der Waals surface area (Å²) in [5, 5.41) is 9.06. The van der Waals surface area contributed by atoms with Crippen LogP contribution in [0.1, 0.15) is 89.3 Å². The maximum atomic E-state index is 13.5. The molecule has 2 aliphatic carbocycles. The molecule has 1 fully saturated rings. The van der Waals surface area contributed by atoms with Crippen LogP contribution in [-0.4, -0.2) is 57.8 Å². The van der Waals surface area contributed by atoms with Crippen molar-refractivity contribution in [3.63, 3.8) is 0 Å². The van der Waals surface area contributed by atoms with E-state index in [4.69, 9.17) is 18.9 Å². The predicted molar refractivity (Wildman–Crippen MR) is 180 cm³/mol. The number of amides is 2. The molecule has 11 heteroatoms. The second-order valence-corrected chi connectivity index (χ2v) is 12.7. The number of anilines is 1. The van der Waals surface area contributed by atoms with Gasteiger partial charge in [-0.3, -0.25) is 14.4 Å². The quantitative estimate of drug-likeness (QED) is 0.189. The zero-order chi connectivity index (χ0) is 34.1. The summed E-state index contributed by atoms with van der Waals surface area (Å²) in [6.07, 6.45) is 6.09. The Morgan fingerprint density at radius 3 is 2.32 bits per heavy atom. The van der Waals surface area contributed by atoms with Gasteiger partial charge in [0.1, 0.15) is 12.1 Å². The highest BCUT2D eigenvalue weighted by Gasteiger charge is 2.30. The number of benzene rings is 1. The zero-order valence-electron chi connectivity index (χ0n) is 28.5. The van der Waals surface area contributed by atoms with Gasteiger partial charge in [-0.1, -0.05) is 19.9 Å². The van der Waals surface area contributed by atoms with Crippen LogP contribution in [0.15, 0.2) is 29.1 Å². The van der Waals surface area contributed by atoms with E-state index >= 15 is 0 Å². The van der Waals surface area contributed by atoms with E-state index in [1.807, 2.05) is 26.0 Å². The molecule has 4 rings (SSSR count). The summed E-state index contributed by atoms with van der Waals surface area (Å²) in [4.78, 5) is 51.4. The van der Waals surface area contributed by atoms with Crippen LogP contribution >= 0.6 is 0 Å². The second kappa shape index (κ2) is 16.5. The normalized spacial score (nSPS) is 16.3. The van der Waals surface area contributed by atoms with Crippen molar-refractivity contribution in [3.8, 4) is 28.4 Å². The number of carbonyl (C=O) groups is 3. The number of ether oxygens (including phenoxy) is 4. The molecule has 2 amide bonds. The molecule has 2 atom stereocenters. The van der Waals surface area contributed by atoms with E-state index in [0.717, 1.165) is 42.4 Å². The van der Waals surface area contributed by atoms with Crippen molar-refractivity contribution in [2.75, 3.05) is 33.2 Å². The van der Waals surface area contributed by atoms with Crippen LogP contribution in [0.4, 0.5) is 5.69 Å². The van der Waals surface area contributed by atoms with Gasteiger partial charge >= 0.3 is 5.97 Å². The van der Waals surface area contributed by atoms with E-state index in [1.165, 1.54) is 6.92 Å². The van der Waals surface area contributed by atoms with Gasteiger partial charge in [-0.15, -0.1) is 0 Å². The molecule has 0 aliphatic heterocycles. The molecule has 11 nitrogen and oxygen atoms in total. The van der Waals surface area contributed by atoms with E-state index < -0.39 is 12.1 Å². The van der Waals surface area contributed by atoms with Gasteiger partial charge in [0.15, 0.2) is 11.5 Å². The SMILES string of the molecule is COc1cc2c(c(OC)c1OC)-c1ccc(NCCCC(=O)N[C@@H](CC(C)C)C(=O)OC3CCCC3)c(=O)cc1[C@@H](NC(C)=O)CC2. The van der Waals surface area contributed by atoms with Crippen LogP contribution in [0.5, 0.6) is 17.2 Å². The number of fused-ring (bicyclic) bond motifs is 3. The van der Waals surface area contributed by atoms with E-state index in [2.05, 4.69) is 16.0 Å². The molecule has 47 heavy (non-hydrogen) atoms. The van der Waals surface area contributed by atoms with Gasteiger partial charge in [0.25, 0.3) is 0 Å². The highest BCUT2D eigenvalue weighted by Crippen LogP contribution is 2.50. The van der Waals surface area contributed by atoms with E-state index in [0.29, 0.717) is 60.7 Å². The Morgan fingerprint density at radius 1 is 0.957 bits per heavy atom. The first kappa shape index (κ1) is 35.6. The Labute approximate surface area is 277 Å². The molecule has 0 spiro atoms. The highest BCUT2D eigenvalue weighted by atomic mass is 16.5. The summed E-state index contributed by atoms with van der Waals surface area (Å²) in [6, 6.07) is 5.95. The third kappa shape index (κ3) is 8.96. The lowest BCUT2D eigenvalue weighted by atomic mass is 9.95. The van der Waals surface area contributed by atoms with Crippen LogP contribution in [0, 0.1) is 5.92 Å². The van der Waals surface area contributed by atoms with E-state index in [9.17, 15) is 19.2 Å². The molecule has 0 heterocycles. The highest BCUT2D eigenvalue weighted by molar-refractivity contribution is 5.85. The number of esters is 1. The maximum absolute atomic E-state index is 13.5. The van der Waals surface area contributed by atoms with Gasteiger partial charge in [-0.05, 0) is 92.2 Å². The van der Waals surface area contributed by atoms with Gasteiger partial charge in [0.2, 0.25) is 23.0 Å². The summed E-state index contributed by atoms with van der Waals surface area (Å²) >= 11 is 0. The molecule has 2 aliphatic rings. The Kier molecular flexibility index (Phi) is 12.5. The lowest BCUT2D eigenvalue weighted by molar-refractivity contribution is -0.153. The fraction of sp³-hybridized carbons (Fsp3) is 0.556. The molecule has 256 valence electrons. The number of rotatable bonds is 14. The fourth-order valence-electron chi connectivity index (χ4n) is 6.53. The minimum absolute atomic E-state index is 0.0604. The second-order valence-electron chi connectivity index (χ2n) is 12.7. The van der Waals surface area contributed by atoms with E-state index in [-0.39, 0.29) is 41.7 Å². The average molecular weight is 652 g/mol. The molecule has 0 aromatic heterocycles. The molecule has 3 N–H and O–H groups in total. The maximum Gasteiger partial charge on any atom is 0.328 e. The third-order valence-corrected chi connectivity index (χ3v) is 8.72. The molecular weight excluding hydrogens is 602 g/mol. The van der Waals surface area contributed by atoms with Crippen molar-refractivity contribution in [1.82, 2.24) is 10.6 Å². The van der Waals surface area contributed by atoms with Crippen molar-refractivity contribution < 1.29 is 33.3 Å². The lowest BCUT2D eigenvalue weighted by Crippen LogP contribution is -2.43. The first-order valence-corrected chi connectivity index (χ1v) is 16.6. The number of aryl methyl sites for hydroxylation is 1. The van der Waals surface area contributed by atoms with Gasteiger partial charge in [0, 0.05) is 25.5 Å². The van der Waals surface area contributed by atoms with Gasteiger partial charge < -0.3 is 34.9 Å². The van der Waals surface area contributed by atoms with Crippen LogP contribution in [0.3, 0.4) is 0 Å². The van der Waals surface area contributed by atoms with E-state index in [1.54, 1.807) is 33.5 Å². The molecule has 0 saturated heterocycles. The zero-order valence-corrected chi connectivity index (χ0v) is 28.5. The molecule has 1 saturated carbocycles. The minimum Gasteiger partial charge on any atom is -0.493 e. The third-order valence-electron chi connectivity index (χ3n) is 8.72. The summed E-state index contributed by atoms with van der Waals surface area (Å²) in [5.74, 6) is 0.852. The summed E-state index contributed by atoms with van der Waals surface area (Å²) in [5.41, 5.74) is 3.23. The predicted octanol–water partition coefficient (Wildman–Crippen LogP) is 5.07. The Morgan fingerprint density at radius 2 is 1.68 bits per heavy atom. The van der Waals surface area contributed by atoms with Crippen LogP contribution in [0.25, 0.3) is 11.1 Å². The smallest absolute Gasteiger partial charge is 0.328 e. The van der Waals surface area contributed by atoms with Crippen molar-refractivity contribution in [3.05, 3.63) is 45.6 Å². The first-order chi connectivity index (χ1) is 22.6. The average Bonchev–Trinajstić information content (AvgIpc) is 3.43. The minimum atomic E-state index is -0.678. The number of carbonyl (C=O) groups excluding carboxylic acids is 3. The summed E-state index contributed by atoms with van der Waals surface area (Å²) < 4.78 is 22.8. The monoisotopic (exact) mass is 651 g/mol. The summed E-state index contributed by atoms with van der Waals surface area (Å²) in [6.45, 7) is 5.83. The largest absolute Gasteiger partial charge is 0.493 e. The molecule has 2 aromatic rings.